The highest BCUT2D eigenvalue weighted by atomic mass is 16.5. The van der Waals surface area contributed by atoms with Crippen LogP contribution < -0.4 is 4.74 Å². The molecule has 94 valence electrons. The van der Waals surface area contributed by atoms with E-state index in [2.05, 4.69) is 5.10 Å². The topological polar surface area (TPSA) is 44.1 Å². The lowest BCUT2D eigenvalue weighted by atomic mass is 10.1. The van der Waals surface area contributed by atoms with E-state index in [-0.39, 0.29) is 5.78 Å². The lowest BCUT2D eigenvalue weighted by molar-refractivity contribution is 0.0981. The lowest BCUT2D eigenvalue weighted by Gasteiger charge is -2.05. The maximum absolute atomic E-state index is 12.2. The Morgan fingerprint density at radius 1 is 1.33 bits per heavy atom. The first-order chi connectivity index (χ1) is 8.61. The quantitative estimate of drug-likeness (QED) is 0.774. The molecule has 0 atom stereocenters. The SMILES string of the molecule is COc1cnn(C)c1C(=O)Cc1ccc(C)cc1. The number of nitrogens with zero attached hydrogens (tertiary/aromatic N) is 2. The molecule has 0 saturated carbocycles. The van der Waals surface area contributed by atoms with E-state index in [1.165, 1.54) is 5.56 Å². The van der Waals surface area contributed by atoms with Gasteiger partial charge in [0.25, 0.3) is 0 Å². The van der Waals surface area contributed by atoms with Crippen LogP contribution in [0.3, 0.4) is 0 Å². The molecule has 2 rings (SSSR count). The van der Waals surface area contributed by atoms with E-state index in [0.29, 0.717) is 17.9 Å². The van der Waals surface area contributed by atoms with E-state index >= 15 is 0 Å². The van der Waals surface area contributed by atoms with Crippen molar-refractivity contribution in [2.24, 2.45) is 7.05 Å². The molecule has 0 aliphatic carbocycles. The summed E-state index contributed by atoms with van der Waals surface area (Å²) in [5.41, 5.74) is 2.69. The van der Waals surface area contributed by atoms with Crippen molar-refractivity contribution in [3.63, 3.8) is 0 Å². The molecule has 0 fully saturated rings. The Kier molecular flexibility index (Phi) is 3.46. The molecule has 0 radical (unpaired) electrons. The van der Waals surface area contributed by atoms with Crippen molar-refractivity contribution in [1.82, 2.24) is 9.78 Å². The standard InChI is InChI=1S/C14H16N2O2/c1-10-4-6-11(7-5-10)8-12(17)14-13(18-3)9-15-16(14)2/h4-7,9H,8H2,1-3H3. The number of carbonyl (C=O) groups excluding carboxylic acids is 1. The molecule has 0 aliphatic rings. The normalized spacial score (nSPS) is 10.4. The van der Waals surface area contributed by atoms with Crippen molar-refractivity contribution >= 4 is 5.78 Å². The fourth-order valence-corrected chi connectivity index (χ4v) is 1.86. The van der Waals surface area contributed by atoms with Gasteiger partial charge in [-0.1, -0.05) is 29.8 Å². The number of methoxy groups -OCH3 is 1. The predicted molar refractivity (Wildman–Crippen MR) is 69.0 cm³/mol. The van der Waals surface area contributed by atoms with Crippen LogP contribution in [0.2, 0.25) is 0 Å². The van der Waals surface area contributed by atoms with E-state index in [4.69, 9.17) is 4.74 Å². The molecule has 0 aliphatic heterocycles. The van der Waals surface area contributed by atoms with E-state index < -0.39 is 0 Å². The van der Waals surface area contributed by atoms with Gasteiger partial charge in [0, 0.05) is 13.5 Å². The molecule has 0 N–H and O–H groups in total. The van der Waals surface area contributed by atoms with Crippen LogP contribution in [-0.4, -0.2) is 22.7 Å². The number of hydrogen-bond donors (Lipinski definition) is 0. The van der Waals surface area contributed by atoms with Gasteiger partial charge in [0.05, 0.1) is 13.3 Å². The lowest BCUT2D eigenvalue weighted by Crippen LogP contribution is -2.11. The number of aromatic nitrogens is 2. The van der Waals surface area contributed by atoms with Crippen LogP contribution in [0, 0.1) is 6.92 Å². The van der Waals surface area contributed by atoms with Crippen molar-refractivity contribution in [2.45, 2.75) is 13.3 Å². The Balaban J connectivity index is 2.21. The Bertz CT molecular complexity index is 556. The zero-order valence-electron chi connectivity index (χ0n) is 10.8. The molecule has 4 nitrogen and oxygen atoms in total. The average Bonchev–Trinajstić information content (AvgIpc) is 2.73. The molecular weight excluding hydrogens is 228 g/mol. The summed E-state index contributed by atoms with van der Waals surface area (Å²) in [5.74, 6) is 0.533. The molecule has 2 aromatic rings. The highest BCUT2D eigenvalue weighted by molar-refractivity contribution is 5.98. The second-order valence-corrected chi connectivity index (χ2v) is 4.27. The highest BCUT2D eigenvalue weighted by Crippen LogP contribution is 2.19. The van der Waals surface area contributed by atoms with E-state index in [0.717, 1.165) is 5.56 Å². The molecule has 0 spiro atoms. The molecule has 1 aromatic carbocycles. The Hall–Kier alpha value is -2.10. The van der Waals surface area contributed by atoms with Crippen LogP contribution >= 0.6 is 0 Å². The van der Waals surface area contributed by atoms with Crippen LogP contribution in [0.15, 0.2) is 30.5 Å². The Morgan fingerprint density at radius 2 is 2.00 bits per heavy atom. The minimum Gasteiger partial charge on any atom is -0.493 e. The molecule has 0 saturated heterocycles. The number of ether oxygens (including phenoxy) is 1. The number of Topliss-reactive ketones (excluding diaryl/α,β-unsaturated/α-hetero) is 1. The molecular formula is C14H16N2O2. The number of benzene rings is 1. The maximum atomic E-state index is 12.2. The van der Waals surface area contributed by atoms with E-state index in [1.807, 2.05) is 31.2 Å². The first kappa shape index (κ1) is 12.4. The van der Waals surface area contributed by atoms with Crippen LogP contribution in [0.4, 0.5) is 0 Å². The molecule has 1 heterocycles. The number of hydrogen-bond acceptors (Lipinski definition) is 3. The number of carbonyl (C=O) groups is 1. The number of ketones is 1. The summed E-state index contributed by atoms with van der Waals surface area (Å²) in [7, 11) is 3.28. The third-order valence-electron chi connectivity index (χ3n) is 2.87. The highest BCUT2D eigenvalue weighted by Gasteiger charge is 2.17. The smallest absolute Gasteiger partial charge is 0.189 e. The van der Waals surface area contributed by atoms with Gasteiger partial charge in [-0.25, -0.2) is 0 Å². The third-order valence-corrected chi connectivity index (χ3v) is 2.87. The second kappa shape index (κ2) is 5.04. The van der Waals surface area contributed by atoms with Gasteiger partial charge < -0.3 is 4.74 Å². The Morgan fingerprint density at radius 3 is 2.61 bits per heavy atom. The van der Waals surface area contributed by atoms with Gasteiger partial charge in [-0.2, -0.15) is 5.10 Å². The zero-order valence-corrected chi connectivity index (χ0v) is 10.8. The van der Waals surface area contributed by atoms with Gasteiger partial charge in [-0.3, -0.25) is 9.48 Å². The van der Waals surface area contributed by atoms with Crippen molar-refractivity contribution in [3.8, 4) is 5.75 Å². The first-order valence-electron chi connectivity index (χ1n) is 5.76. The van der Waals surface area contributed by atoms with Gasteiger partial charge in [0.1, 0.15) is 5.69 Å². The van der Waals surface area contributed by atoms with Gasteiger partial charge in [0.2, 0.25) is 0 Å². The van der Waals surface area contributed by atoms with Crippen molar-refractivity contribution < 1.29 is 9.53 Å². The van der Waals surface area contributed by atoms with Gasteiger partial charge in [-0.15, -0.1) is 0 Å². The zero-order chi connectivity index (χ0) is 13.1. The largest absolute Gasteiger partial charge is 0.493 e. The van der Waals surface area contributed by atoms with E-state index in [1.54, 1.807) is 25.0 Å². The first-order valence-corrected chi connectivity index (χ1v) is 5.76. The molecule has 0 unspecified atom stereocenters. The van der Waals surface area contributed by atoms with Crippen LogP contribution in [0.5, 0.6) is 5.75 Å². The summed E-state index contributed by atoms with van der Waals surface area (Å²) in [6.45, 7) is 2.02. The van der Waals surface area contributed by atoms with Gasteiger partial charge in [0.15, 0.2) is 11.5 Å². The van der Waals surface area contributed by atoms with Gasteiger partial charge in [-0.05, 0) is 12.5 Å². The van der Waals surface area contributed by atoms with Crippen LogP contribution in [0.1, 0.15) is 21.6 Å². The summed E-state index contributed by atoms with van der Waals surface area (Å²) in [6, 6.07) is 7.94. The van der Waals surface area contributed by atoms with E-state index in [9.17, 15) is 4.79 Å². The second-order valence-electron chi connectivity index (χ2n) is 4.27. The molecule has 0 bridgehead atoms. The molecule has 4 heteroatoms. The summed E-state index contributed by atoms with van der Waals surface area (Å²) in [4.78, 5) is 12.2. The molecule has 18 heavy (non-hydrogen) atoms. The van der Waals surface area contributed by atoms with Crippen molar-refractivity contribution in [2.75, 3.05) is 7.11 Å². The molecule has 0 amide bonds. The maximum Gasteiger partial charge on any atom is 0.189 e. The summed E-state index contributed by atoms with van der Waals surface area (Å²) < 4.78 is 6.69. The fourth-order valence-electron chi connectivity index (χ4n) is 1.86. The van der Waals surface area contributed by atoms with Gasteiger partial charge >= 0.3 is 0 Å². The van der Waals surface area contributed by atoms with Crippen LogP contribution in [-0.2, 0) is 13.5 Å². The summed E-state index contributed by atoms with van der Waals surface area (Å²) >= 11 is 0. The van der Waals surface area contributed by atoms with Crippen molar-refractivity contribution in [3.05, 3.63) is 47.3 Å². The van der Waals surface area contributed by atoms with Crippen LogP contribution in [0.25, 0.3) is 0 Å². The summed E-state index contributed by atoms with van der Waals surface area (Å²) in [5, 5.41) is 4.04. The minimum atomic E-state index is 0.00991. The molecule has 1 aromatic heterocycles. The predicted octanol–water partition coefficient (Wildman–Crippen LogP) is 2.16. The number of rotatable bonds is 4. The summed E-state index contributed by atoms with van der Waals surface area (Å²) in [6.07, 6.45) is 1.92. The monoisotopic (exact) mass is 244 g/mol. The fraction of sp³-hybridized carbons (Fsp3) is 0.286. The van der Waals surface area contributed by atoms with Crippen molar-refractivity contribution in [1.29, 1.82) is 0 Å². The number of aryl methyl sites for hydroxylation is 2. The average molecular weight is 244 g/mol. The Labute approximate surface area is 106 Å². The third kappa shape index (κ3) is 2.42. The minimum absolute atomic E-state index is 0.00991.